The number of ketones is 1. The largest absolute Gasteiger partial charge is 0.497 e. The third kappa shape index (κ3) is 4.88. The molecule has 1 aromatic carbocycles. The van der Waals surface area contributed by atoms with E-state index in [1.54, 1.807) is 7.11 Å². The maximum atomic E-state index is 12.5. The van der Waals surface area contributed by atoms with Crippen molar-refractivity contribution in [2.24, 2.45) is 0 Å². The Kier molecular flexibility index (Phi) is 6.48. The van der Waals surface area contributed by atoms with Gasteiger partial charge in [-0.25, -0.2) is 0 Å². The van der Waals surface area contributed by atoms with E-state index in [0.717, 1.165) is 28.5 Å². The summed E-state index contributed by atoms with van der Waals surface area (Å²) >= 11 is 0. The van der Waals surface area contributed by atoms with Crippen LogP contribution in [-0.2, 0) is 5.54 Å². The fraction of sp³-hybridized carbons (Fsp3) is 0.476. The minimum Gasteiger partial charge on any atom is -0.497 e. The number of hydrogen-bond acceptors (Lipinski definition) is 4. The third-order valence-electron chi connectivity index (χ3n) is 4.29. The monoisotopic (exact) mass is 358 g/mol. The fourth-order valence-electron chi connectivity index (χ4n) is 3.29. The van der Waals surface area contributed by atoms with Crippen LogP contribution in [0.1, 0.15) is 42.5 Å². The fourth-order valence-corrected chi connectivity index (χ4v) is 3.29. The lowest BCUT2D eigenvalue weighted by Crippen LogP contribution is -2.28. The molecule has 0 aliphatic carbocycles. The smallest absolute Gasteiger partial charge is 0.178 e. The Balaban J connectivity index is 1.82. The van der Waals surface area contributed by atoms with Gasteiger partial charge in [-0.15, -0.1) is 0 Å². The van der Waals surface area contributed by atoms with Crippen LogP contribution in [0, 0.1) is 13.8 Å². The molecule has 0 aliphatic rings. The van der Waals surface area contributed by atoms with Crippen LogP contribution in [0.25, 0.3) is 0 Å². The minimum absolute atomic E-state index is 0.0354. The number of aryl methyl sites for hydroxylation is 1. The Morgan fingerprint density at radius 1 is 1.12 bits per heavy atom. The second-order valence-electron chi connectivity index (χ2n) is 7.41. The van der Waals surface area contributed by atoms with Crippen molar-refractivity contribution in [2.75, 3.05) is 26.8 Å². The number of ether oxygens (including phenoxy) is 2. The Bertz CT molecular complexity index is 740. The highest BCUT2D eigenvalue weighted by Gasteiger charge is 2.22. The average Bonchev–Trinajstić information content (AvgIpc) is 2.89. The van der Waals surface area contributed by atoms with Gasteiger partial charge in [-0.3, -0.25) is 4.79 Å². The maximum Gasteiger partial charge on any atom is 0.178 e. The first kappa shape index (κ1) is 20.0. The Morgan fingerprint density at radius 3 is 2.27 bits per heavy atom. The van der Waals surface area contributed by atoms with Gasteiger partial charge in [0.05, 0.1) is 13.7 Å². The SMILES string of the molecule is COc1ccc(OCCNCC(=O)c2cc(C)n(C(C)(C)C)c2C)cc1. The van der Waals surface area contributed by atoms with Gasteiger partial charge in [0.15, 0.2) is 5.78 Å². The molecule has 1 N–H and O–H groups in total. The van der Waals surface area contributed by atoms with Crippen LogP contribution in [0.3, 0.4) is 0 Å². The standard InChI is InChI=1S/C21H30N2O3/c1-15-13-19(16(2)23(15)21(3,4)5)20(24)14-22-11-12-26-18-9-7-17(25-6)8-10-18/h7-10,13,22H,11-12,14H2,1-6H3. The number of nitrogens with zero attached hydrogens (tertiary/aromatic N) is 1. The van der Waals surface area contributed by atoms with E-state index >= 15 is 0 Å². The first-order valence-electron chi connectivity index (χ1n) is 8.94. The van der Waals surface area contributed by atoms with E-state index in [4.69, 9.17) is 9.47 Å². The lowest BCUT2D eigenvalue weighted by atomic mass is 10.1. The molecular weight excluding hydrogens is 328 g/mol. The molecule has 1 aromatic heterocycles. The summed E-state index contributed by atoms with van der Waals surface area (Å²) < 4.78 is 13.0. The highest BCUT2D eigenvalue weighted by Crippen LogP contribution is 2.24. The number of methoxy groups -OCH3 is 1. The third-order valence-corrected chi connectivity index (χ3v) is 4.29. The van der Waals surface area contributed by atoms with Crippen LogP contribution in [0.15, 0.2) is 30.3 Å². The van der Waals surface area contributed by atoms with Gasteiger partial charge < -0.3 is 19.4 Å². The first-order valence-corrected chi connectivity index (χ1v) is 8.94. The van der Waals surface area contributed by atoms with Crippen molar-refractivity contribution in [3.63, 3.8) is 0 Å². The van der Waals surface area contributed by atoms with E-state index in [-0.39, 0.29) is 11.3 Å². The summed E-state index contributed by atoms with van der Waals surface area (Å²) in [7, 11) is 1.63. The van der Waals surface area contributed by atoms with Gasteiger partial charge in [-0.1, -0.05) is 0 Å². The normalized spacial score (nSPS) is 11.5. The van der Waals surface area contributed by atoms with Crippen LogP contribution in [-0.4, -0.2) is 37.2 Å². The lowest BCUT2D eigenvalue weighted by Gasteiger charge is -2.25. The molecule has 0 unspecified atom stereocenters. The predicted molar refractivity (Wildman–Crippen MR) is 105 cm³/mol. The van der Waals surface area contributed by atoms with E-state index in [2.05, 4.69) is 30.7 Å². The molecular formula is C21H30N2O3. The summed E-state index contributed by atoms with van der Waals surface area (Å²) in [5.74, 6) is 1.69. The molecule has 0 spiro atoms. The van der Waals surface area contributed by atoms with Gasteiger partial charge in [0.25, 0.3) is 0 Å². The Hall–Kier alpha value is -2.27. The van der Waals surface area contributed by atoms with Crippen LogP contribution in [0.5, 0.6) is 11.5 Å². The summed E-state index contributed by atoms with van der Waals surface area (Å²) in [5, 5.41) is 3.16. The molecule has 0 fully saturated rings. The molecule has 5 nitrogen and oxygen atoms in total. The number of carbonyl (C=O) groups excluding carboxylic acids is 1. The highest BCUT2D eigenvalue weighted by atomic mass is 16.5. The van der Waals surface area contributed by atoms with Crippen LogP contribution in [0.4, 0.5) is 0 Å². The Morgan fingerprint density at radius 2 is 1.73 bits per heavy atom. The van der Waals surface area contributed by atoms with Crippen molar-refractivity contribution >= 4 is 5.78 Å². The first-order chi connectivity index (χ1) is 12.2. The molecule has 142 valence electrons. The van der Waals surface area contributed by atoms with Crippen molar-refractivity contribution in [1.82, 2.24) is 9.88 Å². The van der Waals surface area contributed by atoms with E-state index in [9.17, 15) is 4.79 Å². The number of carbonyl (C=O) groups is 1. The van der Waals surface area contributed by atoms with Crippen molar-refractivity contribution in [3.8, 4) is 11.5 Å². The summed E-state index contributed by atoms with van der Waals surface area (Å²) in [6, 6.07) is 9.43. The molecule has 0 aliphatic heterocycles. The number of aromatic nitrogens is 1. The quantitative estimate of drug-likeness (QED) is 0.577. The number of hydrogen-bond donors (Lipinski definition) is 1. The average molecular weight is 358 g/mol. The summed E-state index contributed by atoms with van der Waals surface area (Å²) in [6.07, 6.45) is 0. The van der Waals surface area contributed by atoms with Gasteiger partial charge in [0.2, 0.25) is 0 Å². The summed E-state index contributed by atoms with van der Waals surface area (Å²) in [6.45, 7) is 11.9. The molecule has 0 amide bonds. The van der Waals surface area contributed by atoms with Crippen molar-refractivity contribution in [1.29, 1.82) is 0 Å². The van der Waals surface area contributed by atoms with Crippen molar-refractivity contribution < 1.29 is 14.3 Å². The van der Waals surface area contributed by atoms with E-state index in [1.807, 2.05) is 44.2 Å². The number of Topliss-reactive ketones (excluding diaryl/α,β-unsaturated/α-hetero) is 1. The molecule has 5 heteroatoms. The van der Waals surface area contributed by atoms with E-state index in [1.165, 1.54) is 0 Å². The molecule has 0 atom stereocenters. The second-order valence-corrected chi connectivity index (χ2v) is 7.41. The summed E-state index contributed by atoms with van der Waals surface area (Å²) in [5.41, 5.74) is 2.89. The number of nitrogens with one attached hydrogen (secondary N) is 1. The Labute approximate surface area is 156 Å². The molecule has 0 saturated carbocycles. The van der Waals surface area contributed by atoms with Gasteiger partial charge in [0.1, 0.15) is 18.1 Å². The van der Waals surface area contributed by atoms with Gasteiger partial charge >= 0.3 is 0 Å². The van der Waals surface area contributed by atoms with E-state index in [0.29, 0.717) is 19.7 Å². The molecule has 2 aromatic rings. The van der Waals surface area contributed by atoms with Crippen LogP contribution in [0.2, 0.25) is 0 Å². The second kappa shape index (κ2) is 8.41. The van der Waals surface area contributed by atoms with Crippen LogP contribution < -0.4 is 14.8 Å². The van der Waals surface area contributed by atoms with Gasteiger partial charge in [-0.2, -0.15) is 0 Å². The van der Waals surface area contributed by atoms with E-state index < -0.39 is 0 Å². The highest BCUT2D eigenvalue weighted by molar-refractivity contribution is 5.99. The van der Waals surface area contributed by atoms with Gasteiger partial charge in [0, 0.05) is 29.0 Å². The zero-order chi connectivity index (χ0) is 19.3. The molecule has 0 radical (unpaired) electrons. The molecule has 2 rings (SSSR count). The molecule has 1 heterocycles. The van der Waals surface area contributed by atoms with Crippen molar-refractivity contribution in [3.05, 3.63) is 47.3 Å². The maximum absolute atomic E-state index is 12.5. The predicted octanol–water partition coefficient (Wildman–Crippen LogP) is 3.72. The lowest BCUT2D eigenvalue weighted by molar-refractivity contribution is 0.0989. The van der Waals surface area contributed by atoms with Crippen molar-refractivity contribution in [2.45, 2.75) is 40.2 Å². The molecule has 26 heavy (non-hydrogen) atoms. The molecule has 0 saturated heterocycles. The van der Waals surface area contributed by atoms with Crippen LogP contribution >= 0.6 is 0 Å². The molecule has 0 bridgehead atoms. The zero-order valence-corrected chi connectivity index (χ0v) is 16.7. The van der Waals surface area contributed by atoms with Gasteiger partial charge in [-0.05, 0) is 65.0 Å². The number of benzene rings is 1. The zero-order valence-electron chi connectivity index (χ0n) is 16.7. The topological polar surface area (TPSA) is 52.5 Å². The number of rotatable bonds is 8. The minimum atomic E-state index is -0.0354. The summed E-state index contributed by atoms with van der Waals surface area (Å²) in [4.78, 5) is 12.5.